The molecular formula is C11H4Cl3N7. The van der Waals surface area contributed by atoms with E-state index in [0.717, 1.165) is 0 Å². The molecule has 0 aliphatic rings. The lowest BCUT2D eigenvalue weighted by atomic mass is 10.4. The monoisotopic (exact) mass is 339 g/mol. The maximum absolute atomic E-state index is 6.06. The van der Waals surface area contributed by atoms with Crippen molar-refractivity contribution in [1.29, 1.82) is 0 Å². The fourth-order valence-electron chi connectivity index (χ4n) is 2.09. The molecule has 4 rings (SSSR count). The van der Waals surface area contributed by atoms with Gasteiger partial charge in [-0.3, -0.25) is 4.57 Å². The highest BCUT2D eigenvalue weighted by molar-refractivity contribution is 6.35. The minimum atomic E-state index is 0.0495. The first kappa shape index (κ1) is 12.8. The van der Waals surface area contributed by atoms with Crippen LogP contribution in [0.4, 0.5) is 0 Å². The Morgan fingerprint density at radius 2 is 1.81 bits per heavy atom. The Balaban J connectivity index is 2.11. The molecule has 7 nitrogen and oxygen atoms in total. The third-order valence-electron chi connectivity index (χ3n) is 2.94. The topological polar surface area (TPSA) is 85.2 Å². The van der Waals surface area contributed by atoms with Crippen LogP contribution >= 0.6 is 34.8 Å². The third kappa shape index (κ3) is 1.93. The Morgan fingerprint density at radius 3 is 2.67 bits per heavy atom. The van der Waals surface area contributed by atoms with Gasteiger partial charge in [-0.05, 0) is 29.3 Å². The fraction of sp³-hybridized carbons (Fsp3) is 0. The van der Waals surface area contributed by atoms with E-state index in [-0.39, 0.29) is 15.7 Å². The van der Waals surface area contributed by atoms with Crippen LogP contribution in [0.2, 0.25) is 15.7 Å². The summed E-state index contributed by atoms with van der Waals surface area (Å²) in [6.07, 6.45) is 3.26. The summed E-state index contributed by atoms with van der Waals surface area (Å²) in [7, 11) is 0. The largest absolute Gasteiger partial charge is 0.340 e. The third-order valence-corrected chi connectivity index (χ3v) is 3.56. The standard InChI is InChI=1S/C11H4Cl3N7/c12-6-4-1-2-21(8(4)19-10(13)17-6)9-5-7(16-3-15-5)18-11(14)20-9/h1-3H,(H,15,16,18,20). The van der Waals surface area contributed by atoms with Crippen molar-refractivity contribution in [2.45, 2.75) is 0 Å². The fourth-order valence-corrected chi connectivity index (χ4v) is 2.69. The number of nitrogens with zero attached hydrogens (tertiary/aromatic N) is 6. The average molecular weight is 341 g/mol. The number of imidazole rings is 1. The van der Waals surface area contributed by atoms with Crippen molar-refractivity contribution in [3.05, 3.63) is 34.3 Å². The quantitative estimate of drug-likeness (QED) is 0.425. The van der Waals surface area contributed by atoms with E-state index in [2.05, 4.69) is 29.9 Å². The second kappa shape index (κ2) is 4.52. The van der Waals surface area contributed by atoms with Gasteiger partial charge in [-0.25, -0.2) is 9.97 Å². The van der Waals surface area contributed by atoms with Gasteiger partial charge in [0.15, 0.2) is 17.1 Å². The van der Waals surface area contributed by atoms with Crippen molar-refractivity contribution in [1.82, 2.24) is 34.5 Å². The molecule has 0 fully saturated rings. The summed E-state index contributed by atoms with van der Waals surface area (Å²) < 4.78 is 1.70. The number of fused-ring (bicyclic) bond motifs is 2. The highest BCUT2D eigenvalue weighted by atomic mass is 35.5. The highest BCUT2D eigenvalue weighted by Crippen LogP contribution is 2.27. The molecule has 0 aliphatic carbocycles. The first-order chi connectivity index (χ1) is 10.1. The van der Waals surface area contributed by atoms with Crippen LogP contribution in [0.3, 0.4) is 0 Å². The summed E-state index contributed by atoms with van der Waals surface area (Å²) in [6, 6.07) is 1.77. The van der Waals surface area contributed by atoms with Gasteiger partial charge >= 0.3 is 0 Å². The molecule has 0 bridgehead atoms. The zero-order valence-electron chi connectivity index (χ0n) is 10.0. The summed E-state index contributed by atoms with van der Waals surface area (Å²) in [4.78, 5) is 23.4. The zero-order valence-corrected chi connectivity index (χ0v) is 12.3. The van der Waals surface area contributed by atoms with Crippen LogP contribution in [0, 0.1) is 0 Å². The van der Waals surface area contributed by atoms with Crippen LogP contribution in [0.25, 0.3) is 28.0 Å². The first-order valence-corrected chi connectivity index (χ1v) is 6.84. The van der Waals surface area contributed by atoms with Crippen molar-refractivity contribution < 1.29 is 0 Å². The summed E-state index contributed by atoms with van der Waals surface area (Å²) in [5.74, 6) is 0.503. The summed E-state index contributed by atoms with van der Waals surface area (Å²) in [6.45, 7) is 0. The molecule has 4 aromatic heterocycles. The van der Waals surface area contributed by atoms with Crippen LogP contribution in [0.5, 0.6) is 0 Å². The molecule has 21 heavy (non-hydrogen) atoms. The predicted octanol–water partition coefficient (Wildman–Crippen LogP) is 3.05. The van der Waals surface area contributed by atoms with E-state index in [0.29, 0.717) is 28.0 Å². The van der Waals surface area contributed by atoms with Crippen LogP contribution in [0.1, 0.15) is 0 Å². The smallest absolute Gasteiger partial charge is 0.226 e. The molecule has 0 saturated heterocycles. The van der Waals surface area contributed by atoms with Gasteiger partial charge < -0.3 is 4.98 Å². The maximum atomic E-state index is 6.06. The van der Waals surface area contributed by atoms with Crippen LogP contribution in [-0.4, -0.2) is 34.5 Å². The van der Waals surface area contributed by atoms with Gasteiger partial charge in [-0.1, -0.05) is 11.6 Å². The van der Waals surface area contributed by atoms with E-state index in [4.69, 9.17) is 34.8 Å². The van der Waals surface area contributed by atoms with E-state index in [1.807, 2.05) is 0 Å². The van der Waals surface area contributed by atoms with Crippen LogP contribution in [-0.2, 0) is 0 Å². The molecule has 0 aromatic carbocycles. The zero-order chi connectivity index (χ0) is 14.6. The molecule has 0 saturated carbocycles. The van der Waals surface area contributed by atoms with Crippen LogP contribution < -0.4 is 0 Å². The molecule has 104 valence electrons. The van der Waals surface area contributed by atoms with Gasteiger partial charge in [0.1, 0.15) is 10.7 Å². The molecule has 0 atom stereocenters. The van der Waals surface area contributed by atoms with Gasteiger partial charge in [0.25, 0.3) is 0 Å². The Morgan fingerprint density at radius 1 is 1.00 bits per heavy atom. The van der Waals surface area contributed by atoms with Gasteiger partial charge in [0.05, 0.1) is 11.7 Å². The summed E-state index contributed by atoms with van der Waals surface area (Å²) in [5.41, 5.74) is 1.60. The Kier molecular flexibility index (Phi) is 2.75. The molecule has 4 aromatic rings. The lowest BCUT2D eigenvalue weighted by molar-refractivity contribution is 1.01. The molecule has 0 amide bonds. The average Bonchev–Trinajstić information content (AvgIpc) is 3.03. The molecule has 0 aliphatic heterocycles. The lowest BCUT2D eigenvalue weighted by Gasteiger charge is -2.05. The minimum absolute atomic E-state index is 0.0495. The number of rotatable bonds is 1. The Hall–Kier alpha value is -1.96. The van der Waals surface area contributed by atoms with Crippen molar-refractivity contribution >= 4 is 57.0 Å². The number of hydrogen-bond donors (Lipinski definition) is 1. The van der Waals surface area contributed by atoms with E-state index in [9.17, 15) is 0 Å². The number of aromatic amines is 1. The van der Waals surface area contributed by atoms with E-state index in [1.165, 1.54) is 6.33 Å². The number of halogens is 3. The number of H-pyrrole nitrogens is 1. The lowest BCUT2D eigenvalue weighted by Crippen LogP contribution is -2.01. The second-order valence-electron chi connectivity index (χ2n) is 4.12. The first-order valence-electron chi connectivity index (χ1n) is 5.70. The van der Waals surface area contributed by atoms with Crippen molar-refractivity contribution in [2.75, 3.05) is 0 Å². The van der Waals surface area contributed by atoms with Crippen molar-refractivity contribution in [2.24, 2.45) is 0 Å². The number of hydrogen-bond acceptors (Lipinski definition) is 5. The molecule has 4 heterocycles. The summed E-state index contributed by atoms with van der Waals surface area (Å²) >= 11 is 17.9. The van der Waals surface area contributed by atoms with Gasteiger partial charge in [0, 0.05) is 6.20 Å². The second-order valence-corrected chi connectivity index (χ2v) is 5.16. The minimum Gasteiger partial charge on any atom is -0.340 e. The molecule has 0 spiro atoms. The normalized spacial score (nSPS) is 11.6. The van der Waals surface area contributed by atoms with Gasteiger partial charge in [0.2, 0.25) is 10.6 Å². The molecule has 0 unspecified atom stereocenters. The van der Waals surface area contributed by atoms with Crippen molar-refractivity contribution in [3.63, 3.8) is 0 Å². The van der Waals surface area contributed by atoms with Crippen molar-refractivity contribution in [3.8, 4) is 5.82 Å². The number of aromatic nitrogens is 7. The molecule has 0 radical (unpaired) electrons. The molecule has 10 heteroatoms. The highest BCUT2D eigenvalue weighted by Gasteiger charge is 2.16. The Bertz CT molecular complexity index is 990. The van der Waals surface area contributed by atoms with Gasteiger partial charge in [-0.2, -0.15) is 15.0 Å². The van der Waals surface area contributed by atoms with E-state index in [1.54, 1.807) is 16.8 Å². The van der Waals surface area contributed by atoms with Crippen LogP contribution in [0.15, 0.2) is 18.6 Å². The predicted molar refractivity (Wildman–Crippen MR) is 79.1 cm³/mol. The Labute approximate surface area is 131 Å². The molecule has 1 N–H and O–H groups in total. The van der Waals surface area contributed by atoms with E-state index >= 15 is 0 Å². The van der Waals surface area contributed by atoms with Gasteiger partial charge in [-0.15, -0.1) is 0 Å². The number of nitrogens with one attached hydrogen (secondary N) is 1. The summed E-state index contributed by atoms with van der Waals surface area (Å²) in [5, 5.41) is 1.05. The SMILES string of the molecule is Clc1nc(-n2ccc3c(Cl)nc(Cl)nc32)c2[nH]cnc2n1. The maximum Gasteiger partial charge on any atom is 0.226 e. The molecular weight excluding hydrogens is 337 g/mol. The van der Waals surface area contributed by atoms with E-state index < -0.39 is 0 Å².